The van der Waals surface area contributed by atoms with Gasteiger partial charge in [0.15, 0.2) is 0 Å². The summed E-state index contributed by atoms with van der Waals surface area (Å²) in [6.45, 7) is 1.21. The normalized spacial score (nSPS) is 31.0. The molecule has 0 aromatic carbocycles. The smallest absolute Gasteiger partial charge is 0.328 e. The molecule has 0 spiro atoms. The lowest BCUT2D eigenvalue weighted by Gasteiger charge is -2.27. The van der Waals surface area contributed by atoms with Gasteiger partial charge < -0.3 is 14.4 Å². The lowest BCUT2D eigenvalue weighted by molar-refractivity contribution is -0.150. The number of methoxy groups -OCH3 is 1. The van der Waals surface area contributed by atoms with E-state index in [-0.39, 0.29) is 17.9 Å². The second-order valence-electron chi connectivity index (χ2n) is 3.90. The molecule has 2 fully saturated rings. The van der Waals surface area contributed by atoms with Gasteiger partial charge in [-0.05, 0) is 12.8 Å². The number of likely N-dealkylation sites (tertiary alicyclic amines) is 1. The van der Waals surface area contributed by atoms with Crippen LogP contribution in [-0.4, -0.2) is 49.2 Å². The molecule has 2 unspecified atom stereocenters. The van der Waals surface area contributed by atoms with Crippen molar-refractivity contribution in [3.63, 3.8) is 0 Å². The van der Waals surface area contributed by atoms with Crippen LogP contribution in [0.25, 0.3) is 0 Å². The molecule has 2 aliphatic heterocycles. The molecule has 5 nitrogen and oxygen atoms in total. The molecule has 2 rings (SSSR count). The Morgan fingerprint density at radius 2 is 2.33 bits per heavy atom. The molecular weight excluding hydrogens is 198 g/mol. The van der Waals surface area contributed by atoms with Crippen molar-refractivity contribution in [3.8, 4) is 0 Å². The van der Waals surface area contributed by atoms with Crippen LogP contribution in [0, 0.1) is 0 Å². The van der Waals surface area contributed by atoms with Crippen LogP contribution in [0.3, 0.4) is 0 Å². The van der Waals surface area contributed by atoms with Crippen LogP contribution in [0.1, 0.15) is 19.3 Å². The molecule has 1 amide bonds. The van der Waals surface area contributed by atoms with Crippen LogP contribution < -0.4 is 0 Å². The number of esters is 1. The topological polar surface area (TPSA) is 55.8 Å². The Hall–Kier alpha value is -1.10. The largest absolute Gasteiger partial charge is 0.467 e. The molecule has 2 atom stereocenters. The van der Waals surface area contributed by atoms with Gasteiger partial charge in [0.2, 0.25) is 5.91 Å². The van der Waals surface area contributed by atoms with Gasteiger partial charge in [-0.15, -0.1) is 0 Å². The maximum Gasteiger partial charge on any atom is 0.328 e. The van der Waals surface area contributed by atoms with Crippen molar-refractivity contribution in [2.45, 2.75) is 31.3 Å². The molecule has 2 saturated heterocycles. The fourth-order valence-electron chi connectivity index (χ4n) is 2.27. The van der Waals surface area contributed by atoms with E-state index in [1.54, 1.807) is 4.90 Å². The number of nitrogens with zero attached hydrogens (tertiary/aromatic N) is 1. The van der Waals surface area contributed by atoms with Crippen LogP contribution >= 0.6 is 0 Å². The summed E-state index contributed by atoms with van der Waals surface area (Å²) in [5.41, 5.74) is 0. The summed E-state index contributed by atoms with van der Waals surface area (Å²) in [4.78, 5) is 24.8. The Bertz CT molecular complexity index is 273. The van der Waals surface area contributed by atoms with Crippen molar-refractivity contribution in [2.75, 3.05) is 20.3 Å². The van der Waals surface area contributed by atoms with E-state index < -0.39 is 6.04 Å². The van der Waals surface area contributed by atoms with Crippen molar-refractivity contribution in [2.24, 2.45) is 0 Å². The van der Waals surface area contributed by atoms with Gasteiger partial charge in [-0.25, -0.2) is 4.79 Å². The molecule has 0 N–H and O–H groups in total. The van der Waals surface area contributed by atoms with E-state index in [1.807, 2.05) is 0 Å². The zero-order valence-corrected chi connectivity index (χ0v) is 8.77. The van der Waals surface area contributed by atoms with Gasteiger partial charge in [0.1, 0.15) is 6.04 Å². The van der Waals surface area contributed by atoms with Gasteiger partial charge in [-0.1, -0.05) is 0 Å². The third-order valence-electron chi connectivity index (χ3n) is 3.03. The Morgan fingerprint density at radius 1 is 1.53 bits per heavy atom. The second kappa shape index (κ2) is 4.18. The third-order valence-corrected chi connectivity index (χ3v) is 3.03. The minimum absolute atomic E-state index is 0.0425. The first kappa shape index (κ1) is 10.4. The van der Waals surface area contributed by atoms with E-state index in [9.17, 15) is 9.59 Å². The van der Waals surface area contributed by atoms with E-state index >= 15 is 0 Å². The monoisotopic (exact) mass is 213 g/mol. The van der Waals surface area contributed by atoms with Crippen molar-refractivity contribution in [1.29, 1.82) is 0 Å². The summed E-state index contributed by atoms with van der Waals surface area (Å²) in [6.07, 6.45) is 1.83. The van der Waals surface area contributed by atoms with Gasteiger partial charge in [-0.3, -0.25) is 4.79 Å². The first-order valence-corrected chi connectivity index (χ1v) is 5.20. The first-order chi connectivity index (χ1) is 7.24. The molecule has 0 aliphatic carbocycles. The highest BCUT2D eigenvalue weighted by Gasteiger charge is 2.41. The van der Waals surface area contributed by atoms with Crippen LogP contribution in [0.15, 0.2) is 0 Å². The van der Waals surface area contributed by atoms with Crippen molar-refractivity contribution >= 4 is 11.9 Å². The number of hydrogen-bond donors (Lipinski definition) is 0. The second-order valence-corrected chi connectivity index (χ2v) is 3.90. The van der Waals surface area contributed by atoms with Gasteiger partial charge in [0.05, 0.1) is 19.8 Å². The SMILES string of the molecule is COC(=O)C1CCC(=O)N1C1CCOC1. The van der Waals surface area contributed by atoms with Crippen molar-refractivity contribution < 1.29 is 19.1 Å². The number of rotatable bonds is 2. The number of hydrogen-bond acceptors (Lipinski definition) is 4. The third kappa shape index (κ3) is 1.84. The summed E-state index contributed by atoms with van der Waals surface area (Å²) >= 11 is 0. The average molecular weight is 213 g/mol. The molecule has 2 heterocycles. The van der Waals surface area contributed by atoms with Gasteiger partial charge in [0.25, 0.3) is 0 Å². The molecule has 0 saturated carbocycles. The molecule has 84 valence electrons. The summed E-state index contributed by atoms with van der Waals surface area (Å²) in [5.74, 6) is -0.270. The molecule has 0 radical (unpaired) electrons. The van der Waals surface area contributed by atoms with Gasteiger partial charge in [0, 0.05) is 13.0 Å². The maximum absolute atomic E-state index is 11.7. The molecule has 0 aromatic rings. The summed E-state index contributed by atoms with van der Waals surface area (Å²) in [5, 5.41) is 0. The zero-order valence-electron chi connectivity index (χ0n) is 8.77. The number of amides is 1. The van der Waals surface area contributed by atoms with Gasteiger partial charge >= 0.3 is 5.97 Å². The first-order valence-electron chi connectivity index (χ1n) is 5.20. The molecule has 5 heteroatoms. The number of carbonyl (C=O) groups is 2. The van der Waals surface area contributed by atoms with E-state index in [4.69, 9.17) is 9.47 Å². The van der Waals surface area contributed by atoms with Crippen LogP contribution in [-0.2, 0) is 19.1 Å². The molecular formula is C10H15NO4. The highest BCUT2D eigenvalue weighted by Crippen LogP contribution is 2.26. The van der Waals surface area contributed by atoms with Crippen LogP contribution in [0.5, 0.6) is 0 Å². The Labute approximate surface area is 88.3 Å². The summed E-state index contributed by atoms with van der Waals surface area (Å²) < 4.78 is 9.93. The minimum Gasteiger partial charge on any atom is -0.467 e. The molecule has 0 aromatic heterocycles. The van der Waals surface area contributed by atoms with Crippen molar-refractivity contribution in [1.82, 2.24) is 4.90 Å². The van der Waals surface area contributed by atoms with E-state index in [2.05, 4.69) is 0 Å². The lowest BCUT2D eigenvalue weighted by atomic mass is 10.1. The maximum atomic E-state index is 11.7. The predicted octanol–water partition coefficient (Wildman–Crippen LogP) is -0.0607. The standard InChI is InChI=1S/C10H15NO4/c1-14-10(13)8-2-3-9(12)11(8)7-4-5-15-6-7/h7-8H,2-6H2,1H3. The quantitative estimate of drug-likeness (QED) is 0.603. The Morgan fingerprint density at radius 3 is 2.93 bits per heavy atom. The fourth-order valence-corrected chi connectivity index (χ4v) is 2.27. The predicted molar refractivity (Wildman–Crippen MR) is 51.1 cm³/mol. The van der Waals surface area contributed by atoms with Crippen LogP contribution in [0.4, 0.5) is 0 Å². The number of ether oxygens (including phenoxy) is 2. The Kier molecular flexibility index (Phi) is 2.90. The summed E-state index contributed by atoms with van der Waals surface area (Å²) in [7, 11) is 1.36. The van der Waals surface area contributed by atoms with Crippen LogP contribution in [0.2, 0.25) is 0 Å². The van der Waals surface area contributed by atoms with E-state index in [0.29, 0.717) is 26.1 Å². The lowest BCUT2D eigenvalue weighted by Crippen LogP contribution is -2.46. The number of carbonyl (C=O) groups excluding carboxylic acids is 2. The van der Waals surface area contributed by atoms with Crippen molar-refractivity contribution in [3.05, 3.63) is 0 Å². The average Bonchev–Trinajstić information content (AvgIpc) is 2.85. The molecule has 15 heavy (non-hydrogen) atoms. The zero-order chi connectivity index (χ0) is 10.8. The van der Waals surface area contributed by atoms with E-state index in [0.717, 1.165) is 6.42 Å². The minimum atomic E-state index is -0.394. The molecule has 2 aliphatic rings. The van der Waals surface area contributed by atoms with E-state index in [1.165, 1.54) is 7.11 Å². The summed E-state index contributed by atoms with van der Waals surface area (Å²) in [6, 6.07) is -0.335. The molecule has 0 bridgehead atoms. The van der Waals surface area contributed by atoms with Gasteiger partial charge in [-0.2, -0.15) is 0 Å². The fraction of sp³-hybridized carbons (Fsp3) is 0.800. The highest BCUT2D eigenvalue weighted by atomic mass is 16.5. The Balaban J connectivity index is 2.10. The highest BCUT2D eigenvalue weighted by molar-refractivity contribution is 5.88.